The molecule has 20 heavy (non-hydrogen) atoms. The molecule has 0 amide bonds. The van der Waals surface area contributed by atoms with Crippen molar-refractivity contribution in [3.05, 3.63) is 23.0 Å². The molecule has 1 heterocycles. The summed E-state index contributed by atoms with van der Waals surface area (Å²) < 4.78 is 69.7. The van der Waals surface area contributed by atoms with Crippen LogP contribution in [-0.2, 0) is 12.6 Å². The zero-order valence-electron chi connectivity index (χ0n) is 10.4. The fourth-order valence-electron chi connectivity index (χ4n) is 2.01. The molecule has 1 aliphatic rings. The summed E-state index contributed by atoms with van der Waals surface area (Å²) in [6.45, 7) is 0.849. The summed E-state index contributed by atoms with van der Waals surface area (Å²) in [5, 5.41) is 7.43. The molecule has 0 saturated carbocycles. The third kappa shape index (κ3) is 2.59. The molecule has 2 unspecified atom stereocenters. The van der Waals surface area contributed by atoms with Crippen LogP contribution in [0.4, 0.5) is 22.0 Å². The van der Waals surface area contributed by atoms with Crippen molar-refractivity contribution in [1.29, 1.82) is 5.41 Å². The lowest BCUT2D eigenvalue weighted by molar-refractivity contribution is -0.141. The Hall–Kier alpha value is -1.73. The van der Waals surface area contributed by atoms with E-state index >= 15 is 0 Å². The first-order chi connectivity index (χ1) is 9.21. The number of alkyl halides is 5. The van der Waals surface area contributed by atoms with Crippen LogP contribution in [-0.4, -0.2) is 29.6 Å². The molecular weight excluding hydrogens is 283 g/mol. The highest BCUT2D eigenvalue weighted by atomic mass is 19.4. The molecule has 0 spiro atoms. The van der Waals surface area contributed by atoms with Crippen LogP contribution < -0.4 is 4.74 Å². The highest BCUT2D eigenvalue weighted by Gasteiger charge is 2.43. The fourth-order valence-corrected chi connectivity index (χ4v) is 2.01. The number of ether oxygens (including phenoxy) is 1. The Morgan fingerprint density at radius 2 is 2.15 bits per heavy atom. The second-order valence-electron chi connectivity index (χ2n) is 4.50. The van der Waals surface area contributed by atoms with Gasteiger partial charge in [-0.15, -0.1) is 0 Å². The molecule has 110 valence electrons. The normalized spacial score (nSPS) is 19.9. The second kappa shape index (κ2) is 4.99. The summed E-state index contributed by atoms with van der Waals surface area (Å²) >= 11 is 0. The van der Waals surface area contributed by atoms with Crippen LogP contribution in [0.1, 0.15) is 23.7 Å². The third-order valence-electron chi connectivity index (χ3n) is 2.85. The number of pyridine rings is 1. The van der Waals surface area contributed by atoms with Gasteiger partial charge in [-0.3, -0.25) is 0 Å². The summed E-state index contributed by atoms with van der Waals surface area (Å²) in [6, 6.07) is 0. The van der Waals surface area contributed by atoms with Gasteiger partial charge in [0.25, 0.3) is 0 Å². The molecule has 0 aliphatic heterocycles. The Kier molecular flexibility index (Phi) is 3.66. The summed E-state index contributed by atoms with van der Waals surface area (Å²) in [5.41, 5.74) is -2.74. The van der Waals surface area contributed by atoms with Crippen LogP contribution in [0.25, 0.3) is 0 Å². The Balaban J connectivity index is 2.48. The lowest BCUT2D eigenvalue weighted by Crippen LogP contribution is -2.17. The molecule has 0 radical (unpaired) electrons. The highest BCUT2D eigenvalue weighted by molar-refractivity contribution is 6.07. The number of halogens is 5. The summed E-state index contributed by atoms with van der Waals surface area (Å²) in [5.74, 6) is -0.109. The van der Waals surface area contributed by atoms with Crippen LogP contribution in [0.3, 0.4) is 0 Å². The lowest BCUT2D eigenvalue weighted by atomic mass is 10.1. The van der Waals surface area contributed by atoms with E-state index in [9.17, 15) is 22.0 Å². The van der Waals surface area contributed by atoms with Gasteiger partial charge < -0.3 is 10.1 Å². The molecule has 0 bridgehead atoms. The average molecular weight is 294 g/mol. The van der Waals surface area contributed by atoms with Crippen molar-refractivity contribution >= 4 is 5.71 Å². The standard InChI is InChI=1S/C12H11F5N2O/c1-5(13)4-20-8-3-19-11(12(15,16)17)9-6(8)2-7(14)10(9)18/h3,5,7,18H,2,4H2,1H3. The molecule has 1 aromatic heterocycles. The van der Waals surface area contributed by atoms with Gasteiger partial charge in [-0.2, -0.15) is 13.2 Å². The monoisotopic (exact) mass is 294 g/mol. The van der Waals surface area contributed by atoms with Gasteiger partial charge in [-0.25, -0.2) is 13.8 Å². The van der Waals surface area contributed by atoms with Gasteiger partial charge in [-0.1, -0.05) is 0 Å². The molecule has 0 fully saturated rings. The van der Waals surface area contributed by atoms with E-state index in [4.69, 9.17) is 10.1 Å². The first kappa shape index (κ1) is 14.7. The lowest BCUT2D eigenvalue weighted by Gasteiger charge is -2.14. The smallest absolute Gasteiger partial charge is 0.434 e. The van der Waals surface area contributed by atoms with E-state index in [-0.39, 0.29) is 17.9 Å². The Morgan fingerprint density at radius 3 is 2.70 bits per heavy atom. The number of fused-ring (bicyclic) bond motifs is 1. The van der Waals surface area contributed by atoms with E-state index in [1.165, 1.54) is 6.92 Å². The first-order valence-corrected chi connectivity index (χ1v) is 5.80. The quantitative estimate of drug-likeness (QED) is 0.871. The van der Waals surface area contributed by atoms with Crippen molar-refractivity contribution in [2.45, 2.75) is 31.9 Å². The molecule has 0 saturated heterocycles. The van der Waals surface area contributed by atoms with Crippen LogP contribution in [0.2, 0.25) is 0 Å². The maximum absolute atomic E-state index is 13.5. The largest absolute Gasteiger partial charge is 0.489 e. The van der Waals surface area contributed by atoms with Crippen molar-refractivity contribution in [1.82, 2.24) is 4.98 Å². The topological polar surface area (TPSA) is 46.0 Å². The molecule has 1 N–H and O–H groups in total. The molecule has 0 aromatic carbocycles. The van der Waals surface area contributed by atoms with Gasteiger partial charge in [0.2, 0.25) is 0 Å². The van der Waals surface area contributed by atoms with Gasteiger partial charge in [0, 0.05) is 17.5 Å². The van der Waals surface area contributed by atoms with Gasteiger partial charge >= 0.3 is 6.18 Å². The van der Waals surface area contributed by atoms with Crippen molar-refractivity contribution < 1.29 is 26.7 Å². The minimum absolute atomic E-state index is 0.0783. The number of hydrogen-bond acceptors (Lipinski definition) is 3. The summed E-state index contributed by atoms with van der Waals surface area (Å²) in [7, 11) is 0. The van der Waals surface area contributed by atoms with Gasteiger partial charge in [0.05, 0.1) is 11.9 Å². The molecule has 8 heteroatoms. The van der Waals surface area contributed by atoms with Crippen LogP contribution in [0, 0.1) is 5.41 Å². The zero-order chi connectivity index (χ0) is 15.1. The second-order valence-corrected chi connectivity index (χ2v) is 4.50. The van der Waals surface area contributed by atoms with Crippen molar-refractivity contribution in [3.8, 4) is 5.75 Å². The van der Waals surface area contributed by atoms with Gasteiger partial charge in [0.1, 0.15) is 24.7 Å². The Morgan fingerprint density at radius 1 is 1.50 bits per heavy atom. The fraction of sp³-hybridized carbons (Fsp3) is 0.500. The van der Waals surface area contributed by atoms with Gasteiger partial charge in [-0.05, 0) is 6.92 Å². The van der Waals surface area contributed by atoms with E-state index in [2.05, 4.69) is 4.98 Å². The highest BCUT2D eigenvalue weighted by Crippen LogP contribution is 2.39. The first-order valence-electron chi connectivity index (χ1n) is 5.80. The number of rotatable bonds is 3. The molecule has 2 rings (SSSR count). The maximum atomic E-state index is 13.5. The number of hydrogen-bond donors (Lipinski definition) is 1. The van der Waals surface area contributed by atoms with Crippen LogP contribution in [0.15, 0.2) is 6.20 Å². The van der Waals surface area contributed by atoms with E-state index < -0.39 is 41.9 Å². The summed E-state index contributed by atoms with van der Waals surface area (Å²) in [4.78, 5) is 3.20. The van der Waals surface area contributed by atoms with Crippen molar-refractivity contribution in [2.24, 2.45) is 0 Å². The predicted molar refractivity (Wildman–Crippen MR) is 60.7 cm³/mol. The zero-order valence-corrected chi connectivity index (χ0v) is 10.4. The van der Waals surface area contributed by atoms with E-state index in [1.807, 2.05) is 0 Å². The van der Waals surface area contributed by atoms with E-state index in [0.717, 1.165) is 6.20 Å². The third-order valence-corrected chi connectivity index (χ3v) is 2.85. The maximum Gasteiger partial charge on any atom is 0.434 e. The number of nitrogens with zero attached hydrogens (tertiary/aromatic N) is 1. The molecule has 3 nitrogen and oxygen atoms in total. The Bertz CT molecular complexity index is 541. The number of nitrogens with one attached hydrogen (secondary N) is 1. The summed E-state index contributed by atoms with van der Waals surface area (Å²) in [6.07, 6.45) is -7.53. The molecule has 1 aliphatic carbocycles. The minimum atomic E-state index is -4.79. The number of aromatic nitrogens is 1. The van der Waals surface area contributed by atoms with Crippen molar-refractivity contribution in [2.75, 3.05) is 6.61 Å². The van der Waals surface area contributed by atoms with E-state index in [1.54, 1.807) is 0 Å². The van der Waals surface area contributed by atoms with Crippen LogP contribution >= 0.6 is 0 Å². The SMILES string of the molecule is CC(F)COc1cnc(C(F)(F)F)c2c1CC(F)C2=N. The molecule has 2 atom stereocenters. The average Bonchev–Trinajstić information content (AvgIpc) is 2.62. The van der Waals surface area contributed by atoms with Crippen molar-refractivity contribution in [3.63, 3.8) is 0 Å². The Labute approximate surface area is 111 Å². The molecule has 1 aromatic rings. The van der Waals surface area contributed by atoms with Crippen LogP contribution in [0.5, 0.6) is 5.75 Å². The van der Waals surface area contributed by atoms with Gasteiger partial charge in [0.15, 0.2) is 5.69 Å². The minimum Gasteiger partial charge on any atom is -0.489 e. The predicted octanol–water partition coefficient (Wildman–Crippen LogP) is 3.10. The van der Waals surface area contributed by atoms with E-state index in [0.29, 0.717) is 0 Å². The molecular formula is C12H11F5N2O.